The molecule has 0 saturated heterocycles. The van der Waals surface area contributed by atoms with Gasteiger partial charge < -0.3 is 26.4 Å². The molecule has 1 unspecified atom stereocenters. The van der Waals surface area contributed by atoms with Crippen LogP contribution in [0.3, 0.4) is 0 Å². The summed E-state index contributed by atoms with van der Waals surface area (Å²) in [5.41, 5.74) is 13.3. The number of carbonyl (C=O) groups excluding carboxylic acids is 1. The van der Waals surface area contributed by atoms with Gasteiger partial charge in [-0.15, -0.1) is 0 Å². The number of benzene rings is 1. The van der Waals surface area contributed by atoms with Gasteiger partial charge in [-0.25, -0.2) is 4.99 Å². The first kappa shape index (κ1) is 23.9. The highest BCUT2D eigenvalue weighted by Gasteiger charge is 2.25. The molecule has 10 heteroatoms. The molecule has 0 bridgehead atoms. The summed E-state index contributed by atoms with van der Waals surface area (Å²) in [6, 6.07) is 6.81. The van der Waals surface area contributed by atoms with E-state index in [1.807, 2.05) is 6.92 Å². The SMILES string of the molecule is CCOPc1cc(N)ccc1N=C(N)/C(C(=O)NCC1CCC1)=C(\O)C(=N)c1ccsc1. The summed E-state index contributed by atoms with van der Waals surface area (Å²) in [6.45, 7) is 2.91. The number of thiophene rings is 1. The second-order valence-corrected chi connectivity index (χ2v) is 9.24. The van der Waals surface area contributed by atoms with Crippen LogP contribution in [0.25, 0.3) is 0 Å². The molecule has 1 heterocycles. The Morgan fingerprint density at radius 2 is 2.19 bits per heavy atom. The highest BCUT2D eigenvalue weighted by Crippen LogP contribution is 2.26. The fraction of sp³-hybridized carbons (Fsp3) is 0.318. The summed E-state index contributed by atoms with van der Waals surface area (Å²) < 4.78 is 5.51. The highest BCUT2D eigenvalue weighted by atomic mass is 32.1. The van der Waals surface area contributed by atoms with Crippen LogP contribution in [-0.2, 0) is 9.32 Å². The van der Waals surface area contributed by atoms with Gasteiger partial charge in [-0.2, -0.15) is 11.3 Å². The van der Waals surface area contributed by atoms with Gasteiger partial charge in [0.15, 0.2) is 5.76 Å². The monoisotopic (exact) mass is 473 g/mol. The normalized spacial score (nSPS) is 15.5. The maximum atomic E-state index is 13.0. The number of hydrogen-bond acceptors (Lipinski definition) is 7. The Bertz CT molecular complexity index is 1030. The van der Waals surface area contributed by atoms with Crippen molar-refractivity contribution >= 4 is 54.3 Å². The second kappa shape index (κ2) is 11.2. The molecule has 0 spiro atoms. The van der Waals surface area contributed by atoms with Crippen molar-refractivity contribution in [3.8, 4) is 0 Å². The van der Waals surface area contributed by atoms with Crippen molar-refractivity contribution in [3.05, 3.63) is 51.9 Å². The van der Waals surface area contributed by atoms with Crippen molar-refractivity contribution in [2.24, 2.45) is 16.6 Å². The third-order valence-corrected chi connectivity index (χ3v) is 6.87. The van der Waals surface area contributed by atoms with Gasteiger partial charge in [0.2, 0.25) is 0 Å². The van der Waals surface area contributed by atoms with E-state index in [4.69, 9.17) is 21.4 Å². The number of nitrogens with one attached hydrogen (secondary N) is 2. The Balaban J connectivity index is 1.97. The minimum Gasteiger partial charge on any atom is -0.505 e. The number of nitrogen functional groups attached to an aromatic ring is 1. The lowest BCUT2D eigenvalue weighted by Gasteiger charge is -2.25. The number of amidine groups is 1. The zero-order chi connectivity index (χ0) is 23.1. The van der Waals surface area contributed by atoms with Crippen LogP contribution in [0.15, 0.2) is 51.4 Å². The summed E-state index contributed by atoms with van der Waals surface area (Å²) >= 11 is 1.39. The molecule has 8 nitrogen and oxygen atoms in total. The summed E-state index contributed by atoms with van der Waals surface area (Å²) in [6.07, 6.45) is 3.28. The molecule has 1 saturated carbocycles. The third kappa shape index (κ3) is 5.94. The smallest absolute Gasteiger partial charge is 0.258 e. The molecular formula is C22H28N5O3PS. The molecule has 0 radical (unpaired) electrons. The number of nitrogens with zero attached hydrogens (tertiary/aromatic N) is 1. The average Bonchev–Trinajstić information content (AvgIpc) is 3.27. The first-order valence-electron chi connectivity index (χ1n) is 10.4. The van der Waals surface area contributed by atoms with E-state index in [2.05, 4.69) is 10.3 Å². The molecule has 7 N–H and O–H groups in total. The Kier molecular flexibility index (Phi) is 8.39. The number of aliphatic hydroxyl groups excluding tert-OH is 1. The maximum absolute atomic E-state index is 13.0. The van der Waals surface area contributed by atoms with Crippen molar-refractivity contribution in [3.63, 3.8) is 0 Å². The molecule has 170 valence electrons. The van der Waals surface area contributed by atoms with E-state index in [1.165, 1.54) is 11.3 Å². The molecule has 0 aliphatic heterocycles. The molecule has 1 aliphatic rings. The summed E-state index contributed by atoms with van der Waals surface area (Å²) in [5.74, 6) is -0.825. The lowest BCUT2D eigenvalue weighted by atomic mass is 9.85. The molecule has 1 fully saturated rings. The van der Waals surface area contributed by atoms with Crippen molar-refractivity contribution in [1.29, 1.82) is 5.41 Å². The molecule has 1 aliphatic carbocycles. The van der Waals surface area contributed by atoms with Gasteiger partial charge in [0.25, 0.3) is 5.91 Å². The fourth-order valence-corrected chi connectivity index (χ4v) is 4.52. The number of anilines is 1. The largest absolute Gasteiger partial charge is 0.505 e. The van der Waals surface area contributed by atoms with Crippen LogP contribution >= 0.6 is 20.1 Å². The maximum Gasteiger partial charge on any atom is 0.258 e. The van der Waals surface area contributed by atoms with E-state index < -0.39 is 11.7 Å². The van der Waals surface area contributed by atoms with Crippen LogP contribution in [0.5, 0.6) is 0 Å². The van der Waals surface area contributed by atoms with Gasteiger partial charge in [-0.1, -0.05) is 6.42 Å². The van der Waals surface area contributed by atoms with Gasteiger partial charge in [0.05, 0.1) is 5.69 Å². The van der Waals surface area contributed by atoms with E-state index in [0.717, 1.165) is 24.6 Å². The van der Waals surface area contributed by atoms with Gasteiger partial charge in [-0.3, -0.25) is 10.2 Å². The first-order valence-corrected chi connectivity index (χ1v) is 12.2. The molecular weight excluding hydrogens is 445 g/mol. The van der Waals surface area contributed by atoms with Crippen LogP contribution in [0.4, 0.5) is 11.4 Å². The van der Waals surface area contributed by atoms with Crippen LogP contribution in [0.1, 0.15) is 31.7 Å². The van der Waals surface area contributed by atoms with Crippen LogP contribution in [0, 0.1) is 11.3 Å². The molecule has 1 amide bonds. The molecule has 3 rings (SSSR count). The quantitative estimate of drug-likeness (QED) is 0.0896. The Labute approximate surface area is 193 Å². The minimum atomic E-state index is -0.556. The second-order valence-electron chi connectivity index (χ2n) is 7.43. The van der Waals surface area contributed by atoms with Crippen molar-refractivity contribution in [2.45, 2.75) is 26.2 Å². The number of aliphatic hydroxyl groups is 1. The van der Waals surface area contributed by atoms with Gasteiger partial charge in [0.1, 0.15) is 17.1 Å². The minimum absolute atomic E-state index is 0.000722. The van der Waals surface area contributed by atoms with Gasteiger partial charge >= 0.3 is 0 Å². The molecule has 1 aromatic carbocycles. The summed E-state index contributed by atoms with van der Waals surface area (Å²) in [4.78, 5) is 17.4. The number of hydrogen-bond donors (Lipinski definition) is 5. The zero-order valence-electron chi connectivity index (χ0n) is 17.9. The van der Waals surface area contributed by atoms with Crippen molar-refractivity contribution in [1.82, 2.24) is 5.32 Å². The fourth-order valence-electron chi connectivity index (χ4n) is 3.10. The number of allylic oxidation sites excluding steroid dienone is 1. The van der Waals surface area contributed by atoms with Gasteiger partial charge in [0, 0.05) is 43.9 Å². The molecule has 32 heavy (non-hydrogen) atoms. The number of aliphatic imine (C=N–C) groups is 1. The summed E-state index contributed by atoms with van der Waals surface area (Å²) in [7, 11) is 0.000722. The zero-order valence-corrected chi connectivity index (χ0v) is 19.7. The van der Waals surface area contributed by atoms with E-state index in [-0.39, 0.29) is 25.9 Å². The predicted molar refractivity (Wildman–Crippen MR) is 133 cm³/mol. The van der Waals surface area contributed by atoms with Crippen LogP contribution < -0.4 is 22.1 Å². The third-order valence-electron chi connectivity index (χ3n) is 5.13. The van der Waals surface area contributed by atoms with Crippen molar-refractivity contribution in [2.75, 3.05) is 18.9 Å². The Hall–Kier alpha value is -2.74. The van der Waals surface area contributed by atoms with E-state index in [9.17, 15) is 9.90 Å². The molecule has 1 atom stereocenters. The average molecular weight is 474 g/mol. The predicted octanol–water partition coefficient (Wildman–Crippen LogP) is 3.37. The van der Waals surface area contributed by atoms with Gasteiger partial charge in [-0.05, 0) is 55.3 Å². The Morgan fingerprint density at radius 3 is 2.81 bits per heavy atom. The number of rotatable bonds is 10. The first-order chi connectivity index (χ1) is 15.4. The number of amides is 1. The van der Waals surface area contributed by atoms with E-state index in [0.29, 0.717) is 36.0 Å². The molecule has 1 aromatic heterocycles. The topological polar surface area (TPSA) is 147 Å². The lowest BCUT2D eigenvalue weighted by Crippen LogP contribution is -2.38. The summed E-state index contributed by atoms with van der Waals surface area (Å²) in [5, 5.41) is 26.3. The molecule has 2 aromatic rings. The standard InChI is InChI=1S/C22H28N5O3PS/c1-2-30-31-17-10-15(23)6-7-16(17)27-21(25)18(22(29)26-11-13-4-3-5-13)20(28)19(24)14-8-9-32-12-14/h6-10,12-13,24,28,31H,2-5,11,23H2,1H3,(H2,25,27)(H,26,29)/b20-18+,24-19?. The van der Waals surface area contributed by atoms with Crippen LogP contribution in [0.2, 0.25) is 0 Å². The number of carbonyl (C=O) groups is 1. The lowest BCUT2D eigenvalue weighted by molar-refractivity contribution is -0.117. The van der Waals surface area contributed by atoms with Crippen LogP contribution in [-0.4, -0.2) is 35.7 Å². The van der Waals surface area contributed by atoms with E-state index in [1.54, 1.807) is 35.0 Å². The number of nitrogens with two attached hydrogens (primary N) is 2. The Morgan fingerprint density at radius 1 is 1.41 bits per heavy atom. The van der Waals surface area contributed by atoms with E-state index >= 15 is 0 Å². The highest BCUT2D eigenvalue weighted by molar-refractivity contribution is 7.42. The van der Waals surface area contributed by atoms with Crippen molar-refractivity contribution < 1.29 is 14.4 Å².